The Morgan fingerprint density at radius 3 is 2.90 bits per heavy atom. The van der Waals surface area contributed by atoms with E-state index in [-0.39, 0.29) is 18.1 Å². The summed E-state index contributed by atoms with van der Waals surface area (Å²) in [4.78, 5) is 26.9. The SMILES string of the molecule is CCc1cc(=O)oc2c(C)c(OCC(=O)NC[C@@H]3CCCN4CCCC[C@H]34)ccc12. The number of nitrogens with one attached hydrogen (secondary N) is 1. The number of ether oxygens (including phenoxy) is 1. The van der Waals surface area contributed by atoms with Crippen molar-refractivity contribution in [3.63, 3.8) is 0 Å². The van der Waals surface area contributed by atoms with E-state index in [4.69, 9.17) is 9.15 Å². The van der Waals surface area contributed by atoms with Gasteiger partial charge in [0.25, 0.3) is 5.91 Å². The van der Waals surface area contributed by atoms with E-state index in [1.165, 1.54) is 51.3 Å². The van der Waals surface area contributed by atoms with Crippen LogP contribution in [0.25, 0.3) is 11.0 Å². The van der Waals surface area contributed by atoms with Crippen LogP contribution < -0.4 is 15.7 Å². The molecule has 0 saturated carbocycles. The molecule has 0 radical (unpaired) electrons. The molecule has 2 aliphatic rings. The van der Waals surface area contributed by atoms with E-state index >= 15 is 0 Å². The summed E-state index contributed by atoms with van der Waals surface area (Å²) < 4.78 is 11.2. The first-order chi connectivity index (χ1) is 14.6. The Bertz CT molecular complexity index is 966. The van der Waals surface area contributed by atoms with Gasteiger partial charge in [0.2, 0.25) is 0 Å². The molecule has 0 spiro atoms. The molecule has 2 atom stereocenters. The maximum absolute atomic E-state index is 12.4. The first kappa shape index (κ1) is 20.9. The van der Waals surface area contributed by atoms with Gasteiger partial charge in [-0.05, 0) is 75.7 Å². The van der Waals surface area contributed by atoms with Gasteiger partial charge >= 0.3 is 5.63 Å². The molecule has 4 rings (SSSR count). The molecule has 3 heterocycles. The second kappa shape index (κ2) is 9.21. The minimum atomic E-state index is -0.360. The number of amides is 1. The highest BCUT2D eigenvalue weighted by Crippen LogP contribution is 2.31. The molecule has 1 amide bonds. The molecule has 0 bridgehead atoms. The molecular formula is C24H32N2O4. The molecule has 2 aromatic rings. The Hall–Kier alpha value is -2.34. The van der Waals surface area contributed by atoms with Gasteiger partial charge in [-0.15, -0.1) is 0 Å². The van der Waals surface area contributed by atoms with E-state index in [2.05, 4.69) is 10.2 Å². The number of piperidine rings is 2. The van der Waals surface area contributed by atoms with Gasteiger partial charge in [0, 0.05) is 29.6 Å². The lowest BCUT2D eigenvalue weighted by atomic mass is 9.83. The number of carbonyl (C=O) groups is 1. The van der Waals surface area contributed by atoms with Crippen LogP contribution in [0.5, 0.6) is 5.75 Å². The summed E-state index contributed by atoms with van der Waals surface area (Å²) in [5.41, 5.74) is 1.88. The van der Waals surface area contributed by atoms with Crippen molar-refractivity contribution in [2.24, 2.45) is 5.92 Å². The van der Waals surface area contributed by atoms with Crippen LogP contribution in [0, 0.1) is 12.8 Å². The second-order valence-corrected chi connectivity index (χ2v) is 8.60. The molecule has 2 fully saturated rings. The number of nitrogens with zero attached hydrogens (tertiary/aromatic N) is 1. The summed E-state index contributed by atoms with van der Waals surface area (Å²) in [6, 6.07) is 5.91. The highest BCUT2D eigenvalue weighted by atomic mass is 16.5. The van der Waals surface area contributed by atoms with Crippen LogP contribution in [0.2, 0.25) is 0 Å². The number of hydrogen-bond acceptors (Lipinski definition) is 5. The largest absolute Gasteiger partial charge is 0.483 e. The third-order valence-electron chi connectivity index (χ3n) is 6.73. The lowest BCUT2D eigenvalue weighted by Crippen LogP contribution is -2.51. The molecule has 0 aliphatic carbocycles. The summed E-state index contributed by atoms with van der Waals surface area (Å²) in [7, 11) is 0. The van der Waals surface area contributed by atoms with Crippen molar-refractivity contribution in [1.29, 1.82) is 0 Å². The zero-order valence-corrected chi connectivity index (χ0v) is 18.0. The van der Waals surface area contributed by atoms with Gasteiger partial charge < -0.3 is 19.4 Å². The Morgan fingerprint density at radius 1 is 1.23 bits per heavy atom. The minimum absolute atomic E-state index is 0.0366. The van der Waals surface area contributed by atoms with Crippen molar-refractivity contribution < 1.29 is 13.9 Å². The normalized spacial score (nSPS) is 21.9. The van der Waals surface area contributed by atoms with Crippen LogP contribution in [0.1, 0.15) is 50.2 Å². The number of carbonyl (C=O) groups excluding carboxylic acids is 1. The zero-order chi connectivity index (χ0) is 21.1. The van der Waals surface area contributed by atoms with Gasteiger partial charge in [-0.1, -0.05) is 13.3 Å². The van der Waals surface area contributed by atoms with E-state index in [0.29, 0.717) is 23.3 Å². The van der Waals surface area contributed by atoms with Crippen molar-refractivity contribution >= 4 is 16.9 Å². The quantitative estimate of drug-likeness (QED) is 0.736. The molecule has 0 unspecified atom stereocenters. The van der Waals surface area contributed by atoms with E-state index in [1.807, 2.05) is 26.0 Å². The van der Waals surface area contributed by atoms with Gasteiger partial charge in [0.1, 0.15) is 11.3 Å². The maximum atomic E-state index is 12.4. The highest BCUT2D eigenvalue weighted by Gasteiger charge is 2.32. The monoisotopic (exact) mass is 412 g/mol. The van der Waals surface area contributed by atoms with Gasteiger partial charge in [-0.3, -0.25) is 4.79 Å². The summed E-state index contributed by atoms with van der Waals surface area (Å²) in [5, 5.41) is 3.99. The number of hydrogen-bond donors (Lipinski definition) is 1. The Labute approximate surface area is 177 Å². The van der Waals surface area contributed by atoms with Gasteiger partial charge in [-0.25, -0.2) is 4.79 Å². The number of benzene rings is 1. The topological polar surface area (TPSA) is 71.8 Å². The van der Waals surface area contributed by atoms with Crippen molar-refractivity contribution in [1.82, 2.24) is 10.2 Å². The van der Waals surface area contributed by atoms with Crippen LogP contribution in [0.15, 0.2) is 27.4 Å². The van der Waals surface area contributed by atoms with Crippen LogP contribution >= 0.6 is 0 Å². The molecule has 6 heteroatoms. The summed E-state index contributed by atoms with van der Waals surface area (Å²) in [5.74, 6) is 1.00. The van der Waals surface area contributed by atoms with Gasteiger partial charge in [0.15, 0.2) is 6.61 Å². The maximum Gasteiger partial charge on any atom is 0.336 e. The van der Waals surface area contributed by atoms with Crippen molar-refractivity contribution in [3.8, 4) is 5.75 Å². The van der Waals surface area contributed by atoms with Crippen molar-refractivity contribution in [3.05, 3.63) is 39.7 Å². The van der Waals surface area contributed by atoms with Gasteiger partial charge in [0.05, 0.1) is 0 Å². The zero-order valence-electron chi connectivity index (χ0n) is 18.0. The average molecular weight is 413 g/mol. The van der Waals surface area contributed by atoms with Crippen LogP contribution in [-0.2, 0) is 11.2 Å². The highest BCUT2D eigenvalue weighted by molar-refractivity contribution is 5.85. The first-order valence-electron chi connectivity index (χ1n) is 11.3. The third-order valence-corrected chi connectivity index (χ3v) is 6.73. The van der Waals surface area contributed by atoms with Gasteiger partial charge in [-0.2, -0.15) is 0 Å². The summed E-state index contributed by atoms with van der Waals surface area (Å²) in [6.45, 7) is 6.96. The fourth-order valence-electron chi connectivity index (χ4n) is 5.11. The van der Waals surface area contributed by atoms with Crippen molar-refractivity contribution in [2.75, 3.05) is 26.2 Å². The van der Waals surface area contributed by atoms with E-state index in [0.717, 1.165) is 29.5 Å². The van der Waals surface area contributed by atoms with Crippen LogP contribution in [0.3, 0.4) is 0 Å². The molecular weight excluding hydrogens is 380 g/mol. The molecule has 2 aliphatic heterocycles. The van der Waals surface area contributed by atoms with Crippen molar-refractivity contribution in [2.45, 2.75) is 58.4 Å². The number of fused-ring (bicyclic) bond motifs is 2. The lowest BCUT2D eigenvalue weighted by Gasteiger charge is -2.44. The van der Waals surface area contributed by atoms with E-state index in [1.54, 1.807) is 0 Å². The number of aryl methyl sites for hydroxylation is 2. The predicted molar refractivity (Wildman–Crippen MR) is 117 cm³/mol. The third kappa shape index (κ3) is 4.38. The fourth-order valence-corrected chi connectivity index (χ4v) is 5.11. The molecule has 6 nitrogen and oxygen atoms in total. The smallest absolute Gasteiger partial charge is 0.336 e. The second-order valence-electron chi connectivity index (χ2n) is 8.60. The van der Waals surface area contributed by atoms with Crippen LogP contribution in [-0.4, -0.2) is 43.1 Å². The Balaban J connectivity index is 1.36. The molecule has 1 aromatic carbocycles. The average Bonchev–Trinajstić information content (AvgIpc) is 2.77. The lowest BCUT2D eigenvalue weighted by molar-refractivity contribution is -0.123. The molecule has 2 saturated heterocycles. The minimum Gasteiger partial charge on any atom is -0.483 e. The molecule has 162 valence electrons. The molecule has 1 aromatic heterocycles. The van der Waals surface area contributed by atoms with Crippen LogP contribution in [0.4, 0.5) is 0 Å². The van der Waals surface area contributed by atoms with E-state index in [9.17, 15) is 9.59 Å². The summed E-state index contributed by atoms with van der Waals surface area (Å²) >= 11 is 0. The molecule has 1 N–H and O–H groups in total. The standard InChI is InChI=1S/C24H32N2O4/c1-3-17-13-23(28)30-24-16(2)21(10-9-19(17)24)29-15-22(27)25-14-18-7-6-12-26-11-5-4-8-20(18)26/h9-10,13,18,20H,3-8,11-12,14-15H2,1-2H3,(H,25,27)/t18-,20+/m0/s1. The number of rotatable bonds is 6. The Morgan fingerprint density at radius 2 is 2.07 bits per heavy atom. The fraction of sp³-hybridized carbons (Fsp3) is 0.583. The predicted octanol–water partition coefficient (Wildman–Crippen LogP) is 3.42. The molecule has 30 heavy (non-hydrogen) atoms. The first-order valence-corrected chi connectivity index (χ1v) is 11.3. The Kier molecular flexibility index (Phi) is 6.42. The van der Waals surface area contributed by atoms with E-state index < -0.39 is 0 Å². The summed E-state index contributed by atoms with van der Waals surface area (Å²) in [6.07, 6.45) is 7.00.